The van der Waals surface area contributed by atoms with E-state index in [1.165, 1.54) is 0 Å². The van der Waals surface area contributed by atoms with E-state index in [0.717, 1.165) is 27.7 Å². The fourth-order valence-electron chi connectivity index (χ4n) is 3.56. The van der Waals surface area contributed by atoms with E-state index >= 15 is 0 Å². The van der Waals surface area contributed by atoms with Gasteiger partial charge in [0, 0.05) is 35.9 Å². The van der Waals surface area contributed by atoms with Crippen LogP contribution in [0, 0.1) is 6.92 Å². The highest BCUT2D eigenvalue weighted by Gasteiger charge is 2.28. The molecule has 1 saturated heterocycles. The fraction of sp³-hybridized carbons (Fsp3) is 0.238. The summed E-state index contributed by atoms with van der Waals surface area (Å²) in [6, 6.07) is 15.8. The van der Waals surface area contributed by atoms with Crippen molar-refractivity contribution in [2.75, 3.05) is 24.5 Å². The van der Waals surface area contributed by atoms with Gasteiger partial charge in [-0.15, -0.1) is 0 Å². The number of carbonyl (C=O) groups excluding carboxylic acids is 2. The molecular weight excluding hydrogens is 326 g/mol. The van der Waals surface area contributed by atoms with Gasteiger partial charge >= 0.3 is 0 Å². The van der Waals surface area contributed by atoms with Crippen molar-refractivity contribution in [3.05, 3.63) is 65.9 Å². The molecule has 1 fully saturated rings. The molecule has 5 nitrogen and oxygen atoms in total. The minimum Gasteiger partial charge on any atom is -0.361 e. The lowest BCUT2D eigenvalue weighted by Gasteiger charge is -2.35. The smallest absolute Gasteiger partial charge is 0.246 e. The Morgan fingerprint density at radius 1 is 1.08 bits per heavy atom. The van der Waals surface area contributed by atoms with Crippen molar-refractivity contribution in [1.82, 2.24) is 9.88 Å². The van der Waals surface area contributed by atoms with Crippen molar-refractivity contribution in [1.29, 1.82) is 0 Å². The third-order valence-electron chi connectivity index (χ3n) is 5.00. The molecule has 0 atom stereocenters. The maximum atomic E-state index is 12.7. The zero-order chi connectivity index (χ0) is 18.1. The number of hydrogen-bond donors (Lipinski definition) is 1. The molecule has 0 saturated carbocycles. The second kappa shape index (κ2) is 6.67. The van der Waals surface area contributed by atoms with E-state index in [1.807, 2.05) is 61.7 Å². The molecule has 1 N–H and O–H groups in total. The second-order valence-corrected chi connectivity index (χ2v) is 6.68. The van der Waals surface area contributed by atoms with Crippen LogP contribution in [-0.4, -0.2) is 41.3 Å². The second-order valence-electron chi connectivity index (χ2n) is 6.68. The molecule has 3 aromatic rings. The van der Waals surface area contributed by atoms with Crippen LogP contribution in [0.25, 0.3) is 10.9 Å². The highest BCUT2D eigenvalue weighted by Crippen LogP contribution is 2.23. The molecule has 26 heavy (non-hydrogen) atoms. The predicted octanol–water partition coefficient (Wildman–Crippen LogP) is 2.89. The Morgan fingerprint density at radius 2 is 1.85 bits per heavy atom. The maximum absolute atomic E-state index is 12.7. The number of aromatic nitrogens is 1. The van der Waals surface area contributed by atoms with E-state index in [-0.39, 0.29) is 18.4 Å². The van der Waals surface area contributed by atoms with Gasteiger partial charge in [-0.05, 0) is 30.2 Å². The van der Waals surface area contributed by atoms with Crippen molar-refractivity contribution >= 4 is 28.4 Å². The van der Waals surface area contributed by atoms with Crippen LogP contribution in [0.1, 0.15) is 11.1 Å². The van der Waals surface area contributed by atoms with Crippen LogP contribution in [0.3, 0.4) is 0 Å². The van der Waals surface area contributed by atoms with E-state index in [9.17, 15) is 9.59 Å². The standard InChI is InChI=1S/C21H21N3O2/c1-15-6-2-5-9-19(15)24-11-10-23(14-21(24)26)20(25)12-16-13-22-18-8-4-3-7-17(16)18/h2-9,13,22H,10-12,14H2,1H3. The Kier molecular flexibility index (Phi) is 4.21. The van der Waals surface area contributed by atoms with E-state index < -0.39 is 0 Å². The summed E-state index contributed by atoms with van der Waals surface area (Å²) in [5.41, 5.74) is 4.00. The molecule has 2 heterocycles. The van der Waals surface area contributed by atoms with Gasteiger partial charge in [0.2, 0.25) is 11.8 Å². The number of nitrogens with one attached hydrogen (secondary N) is 1. The summed E-state index contributed by atoms with van der Waals surface area (Å²) in [6.45, 7) is 3.22. The van der Waals surface area contributed by atoms with Gasteiger partial charge < -0.3 is 14.8 Å². The quantitative estimate of drug-likeness (QED) is 0.792. The topological polar surface area (TPSA) is 56.4 Å². The SMILES string of the molecule is Cc1ccccc1N1CCN(C(=O)Cc2c[nH]c3ccccc23)CC1=O. The highest BCUT2D eigenvalue weighted by atomic mass is 16.2. The first-order valence-corrected chi connectivity index (χ1v) is 8.82. The van der Waals surface area contributed by atoms with Gasteiger partial charge in [-0.2, -0.15) is 0 Å². The van der Waals surface area contributed by atoms with Crippen LogP contribution < -0.4 is 4.90 Å². The average molecular weight is 347 g/mol. The van der Waals surface area contributed by atoms with Crippen molar-refractivity contribution in [3.63, 3.8) is 0 Å². The Balaban J connectivity index is 1.46. The molecule has 4 rings (SSSR count). The monoisotopic (exact) mass is 347 g/mol. The van der Waals surface area contributed by atoms with Crippen molar-refractivity contribution in [2.24, 2.45) is 0 Å². The van der Waals surface area contributed by atoms with Crippen LogP contribution in [0.4, 0.5) is 5.69 Å². The van der Waals surface area contributed by atoms with E-state index in [0.29, 0.717) is 19.5 Å². The number of amides is 2. The van der Waals surface area contributed by atoms with Gasteiger partial charge in [0.25, 0.3) is 0 Å². The normalized spacial score (nSPS) is 14.9. The number of nitrogens with zero attached hydrogens (tertiary/aromatic N) is 2. The number of piperazine rings is 1. The molecule has 2 amide bonds. The molecular formula is C21H21N3O2. The number of anilines is 1. The van der Waals surface area contributed by atoms with Gasteiger partial charge in [-0.25, -0.2) is 0 Å². The summed E-state index contributed by atoms with van der Waals surface area (Å²) in [5.74, 6) is -0.0367. The number of aromatic amines is 1. The van der Waals surface area contributed by atoms with Crippen LogP contribution in [0.2, 0.25) is 0 Å². The molecule has 132 valence electrons. The van der Waals surface area contributed by atoms with Gasteiger partial charge in [-0.1, -0.05) is 36.4 Å². The number of aryl methyl sites for hydroxylation is 1. The number of fused-ring (bicyclic) bond motifs is 1. The zero-order valence-corrected chi connectivity index (χ0v) is 14.7. The van der Waals surface area contributed by atoms with Crippen LogP contribution in [0.5, 0.6) is 0 Å². The lowest BCUT2D eigenvalue weighted by Crippen LogP contribution is -2.53. The molecule has 1 aliphatic heterocycles. The number of para-hydroxylation sites is 2. The van der Waals surface area contributed by atoms with E-state index in [1.54, 1.807) is 9.80 Å². The number of rotatable bonds is 3. The molecule has 1 aliphatic rings. The first kappa shape index (κ1) is 16.4. The van der Waals surface area contributed by atoms with E-state index in [4.69, 9.17) is 0 Å². The number of hydrogen-bond acceptors (Lipinski definition) is 2. The summed E-state index contributed by atoms with van der Waals surface area (Å²) >= 11 is 0. The third kappa shape index (κ3) is 2.96. The number of H-pyrrole nitrogens is 1. The zero-order valence-electron chi connectivity index (χ0n) is 14.7. The maximum Gasteiger partial charge on any atom is 0.246 e. The lowest BCUT2D eigenvalue weighted by molar-refractivity contribution is -0.136. The first-order chi connectivity index (χ1) is 12.6. The van der Waals surface area contributed by atoms with E-state index in [2.05, 4.69) is 4.98 Å². The van der Waals surface area contributed by atoms with Gasteiger partial charge in [0.05, 0.1) is 6.42 Å². The molecule has 5 heteroatoms. The third-order valence-corrected chi connectivity index (χ3v) is 5.00. The van der Waals surface area contributed by atoms with Crippen LogP contribution in [0.15, 0.2) is 54.7 Å². The highest BCUT2D eigenvalue weighted by molar-refractivity contribution is 5.99. The summed E-state index contributed by atoms with van der Waals surface area (Å²) in [4.78, 5) is 32.0. The molecule has 1 aromatic heterocycles. The molecule has 0 radical (unpaired) electrons. The molecule has 0 spiro atoms. The summed E-state index contributed by atoms with van der Waals surface area (Å²) < 4.78 is 0. The van der Waals surface area contributed by atoms with Crippen LogP contribution >= 0.6 is 0 Å². The lowest BCUT2D eigenvalue weighted by atomic mass is 10.1. The van der Waals surface area contributed by atoms with Gasteiger partial charge in [0.1, 0.15) is 6.54 Å². The molecule has 0 aliphatic carbocycles. The Bertz CT molecular complexity index is 976. The average Bonchev–Trinajstić information content (AvgIpc) is 3.05. The van der Waals surface area contributed by atoms with Crippen molar-refractivity contribution in [3.8, 4) is 0 Å². The van der Waals surface area contributed by atoms with Crippen molar-refractivity contribution < 1.29 is 9.59 Å². The first-order valence-electron chi connectivity index (χ1n) is 8.82. The fourth-order valence-corrected chi connectivity index (χ4v) is 3.56. The number of carbonyl (C=O) groups is 2. The summed E-state index contributed by atoms with van der Waals surface area (Å²) in [6.07, 6.45) is 2.19. The Hall–Kier alpha value is -3.08. The Morgan fingerprint density at radius 3 is 2.65 bits per heavy atom. The summed E-state index contributed by atoms with van der Waals surface area (Å²) in [7, 11) is 0. The predicted molar refractivity (Wildman–Crippen MR) is 102 cm³/mol. The molecule has 2 aromatic carbocycles. The Labute approximate surface area is 152 Å². The molecule has 0 unspecified atom stereocenters. The minimum atomic E-state index is -0.0298. The van der Waals surface area contributed by atoms with Crippen molar-refractivity contribution in [2.45, 2.75) is 13.3 Å². The summed E-state index contributed by atoms with van der Waals surface area (Å²) in [5, 5.41) is 1.06. The minimum absolute atomic E-state index is 0.00691. The number of benzene rings is 2. The largest absolute Gasteiger partial charge is 0.361 e. The van der Waals surface area contributed by atoms with Gasteiger partial charge in [-0.3, -0.25) is 9.59 Å². The van der Waals surface area contributed by atoms with Gasteiger partial charge in [0.15, 0.2) is 0 Å². The van der Waals surface area contributed by atoms with Crippen LogP contribution in [-0.2, 0) is 16.0 Å². The molecule has 0 bridgehead atoms.